The number of pyridine rings is 2. The molecule has 3 aromatic carbocycles. The zero-order valence-electron chi connectivity index (χ0n) is 16.8. The van der Waals surface area contributed by atoms with Gasteiger partial charge in [-0.15, -0.1) is 4.57 Å². The highest BCUT2D eigenvalue weighted by molar-refractivity contribution is 6.20. The predicted molar refractivity (Wildman–Crippen MR) is 121 cm³/mol. The number of fused-ring (bicyclic) bond motifs is 7. The second-order valence-electron chi connectivity index (χ2n) is 7.67. The molecule has 0 aliphatic carbocycles. The third kappa shape index (κ3) is 2.40. The van der Waals surface area contributed by atoms with Gasteiger partial charge < -0.3 is 0 Å². The van der Waals surface area contributed by atoms with Crippen molar-refractivity contribution in [2.75, 3.05) is 0 Å². The van der Waals surface area contributed by atoms with Crippen LogP contribution in [-0.4, -0.2) is 15.0 Å². The van der Waals surface area contributed by atoms with E-state index < -0.39 is 0 Å². The first kappa shape index (κ1) is 17.0. The van der Waals surface area contributed by atoms with E-state index in [1.807, 2.05) is 32.0 Å². The molecule has 142 valence electrons. The second kappa shape index (κ2) is 6.29. The van der Waals surface area contributed by atoms with Crippen LogP contribution in [0.5, 0.6) is 0 Å². The molecule has 0 atom stereocenters. The van der Waals surface area contributed by atoms with E-state index in [1.54, 1.807) is 0 Å². The molecule has 0 saturated carbocycles. The van der Waals surface area contributed by atoms with Gasteiger partial charge >= 0.3 is 0 Å². The molecular formula is C26H19N4+. The number of para-hydroxylation sites is 3. The number of aromatic nitrogens is 4. The van der Waals surface area contributed by atoms with Crippen LogP contribution < -0.4 is 4.57 Å². The summed E-state index contributed by atoms with van der Waals surface area (Å²) in [6.45, 7) is 4.04. The van der Waals surface area contributed by atoms with Gasteiger partial charge in [0.25, 0.3) is 0 Å². The summed E-state index contributed by atoms with van der Waals surface area (Å²) in [6, 6.07) is 27.1. The summed E-state index contributed by atoms with van der Waals surface area (Å²) in [5.41, 5.74) is 8.90. The number of benzene rings is 3. The van der Waals surface area contributed by atoms with Crippen molar-refractivity contribution in [3.05, 3.63) is 90.3 Å². The number of rotatable bonds is 1. The van der Waals surface area contributed by atoms with E-state index in [2.05, 4.69) is 65.2 Å². The average molecular weight is 387 g/mol. The Morgan fingerprint density at radius 1 is 0.567 bits per heavy atom. The number of aryl methyl sites for hydroxylation is 2. The summed E-state index contributed by atoms with van der Waals surface area (Å²) in [5.74, 6) is 0. The zero-order valence-corrected chi connectivity index (χ0v) is 16.8. The van der Waals surface area contributed by atoms with Crippen molar-refractivity contribution in [3.8, 4) is 5.69 Å². The molecule has 0 saturated heterocycles. The molecule has 0 aliphatic rings. The molecule has 0 amide bonds. The minimum atomic E-state index is 0.906. The molecule has 0 fully saturated rings. The summed E-state index contributed by atoms with van der Waals surface area (Å²) in [7, 11) is 0. The Bertz CT molecular complexity index is 1600. The second-order valence-corrected chi connectivity index (χ2v) is 7.67. The van der Waals surface area contributed by atoms with Crippen LogP contribution in [0.4, 0.5) is 0 Å². The van der Waals surface area contributed by atoms with Gasteiger partial charge in [-0.25, -0.2) is 4.98 Å². The van der Waals surface area contributed by atoms with Crippen molar-refractivity contribution in [2.45, 2.75) is 13.8 Å². The highest BCUT2D eigenvalue weighted by Crippen LogP contribution is 2.32. The van der Waals surface area contributed by atoms with E-state index in [-0.39, 0.29) is 0 Å². The minimum absolute atomic E-state index is 0.906. The highest BCUT2D eigenvalue weighted by atomic mass is 15.0. The molecule has 0 radical (unpaired) electrons. The fourth-order valence-corrected chi connectivity index (χ4v) is 4.29. The number of nitrogens with zero attached hydrogens (tertiary/aromatic N) is 4. The zero-order chi connectivity index (χ0) is 20.2. The van der Waals surface area contributed by atoms with E-state index in [1.165, 1.54) is 0 Å². The van der Waals surface area contributed by atoms with Gasteiger partial charge in [-0.1, -0.05) is 30.3 Å². The lowest BCUT2D eigenvalue weighted by Gasteiger charge is -2.11. The normalized spacial score (nSPS) is 11.7. The Labute approximate surface area is 173 Å². The lowest BCUT2D eigenvalue weighted by atomic mass is 10.0. The molecular weight excluding hydrogens is 368 g/mol. The third-order valence-corrected chi connectivity index (χ3v) is 5.62. The molecule has 3 heterocycles. The Kier molecular flexibility index (Phi) is 3.56. The first-order chi connectivity index (χ1) is 14.7. The van der Waals surface area contributed by atoms with Crippen LogP contribution in [0.15, 0.2) is 78.9 Å². The fraction of sp³-hybridized carbons (Fsp3) is 0.0769. The SMILES string of the molecule is Cc1ccc2c(n1)c1nc(C)ccc1c1c2nc2ccccc2[n+]1-c1ccccc1. The van der Waals surface area contributed by atoms with Gasteiger partial charge in [0.15, 0.2) is 0 Å². The molecule has 0 N–H and O–H groups in total. The van der Waals surface area contributed by atoms with E-state index in [9.17, 15) is 0 Å². The fourth-order valence-electron chi connectivity index (χ4n) is 4.29. The van der Waals surface area contributed by atoms with Gasteiger partial charge in [0, 0.05) is 35.0 Å². The molecule has 0 spiro atoms. The van der Waals surface area contributed by atoms with Crippen molar-refractivity contribution >= 4 is 43.9 Å². The third-order valence-electron chi connectivity index (χ3n) is 5.62. The lowest BCUT2D eigenvalue weighted by molar-refractivity contribution is -0.537. The minimum Gasteiger partial charge on any atom is -0.251 e. The van der Waals surface area contributed by atoms with E-state index in [0.717, 1.165) is 60.9 Å². The lowest BCUT2D eigenvalue weighted by Crippen LogP contribution is -2.33. The summed E-state index contributed by atoms with van der Waals surface area (Å²) in [5, 5.41) is 2.08. The maximum Gasteiger partial charge on any atom is 0.247 e. The van der Waals surface area contributed by atoms with Crippen molar-refractivity contribution in [1.82, 2.24) is 15.0 Å². The first-order valence-electron chi connectivity index (χ1n) is 10.1. The van der Waals surface area contributed by atoms with Crippen molar-refractivity contribution in [2.24, 2.45) is 0 Å². The molecule has 30 heavy (non-hydrogen) atoms. The van der Waals surface area contributed by atoms with Gasteiger partial charge in [0.2, 0.25) is 16.7 Å². The summed E-state index contributed by atoms with van der Waals surface area (Å²) < 4.78 is 2.30. The predicted octanol–water partition coefficient (Wildman–Crippen LogP) is 5.38. The Morgan fingerprint density at radius 2 is 1.20 bits per heavy atom. The van der Waals surface area contributed by atoms with Crippen LogP contribution in [0.2, 0.25) is 0 Å². The molecule has 4 heteroatoms. The van der Waals surface area contributed by atoms with Crippen LogP contribution in [0.3, 0.4) is 0 Å². The molecule has 3 aromatic heterocycles. The van der Waals surface area contributed by atoms with E-state index in [4.69, 9.17) is 15.0 Å². The smallest absolute Gasteiger partial charge is 0.247 e. The van der Waals surface area contributed by atoms with Gasteiger partial charge in [-0.3, -0.25) is 9.97 Å². The largest absolute Gasteiger partial charge is 0.251 e. The highest BCUT2D eigenvalue weighted by Gasteiger charge is 2.25. The standard InChI is InChI=1S/C26H19N4/c1-16-12-14-19-23(27-16)24-20(15-13-17(2)28-24)26-25(19)29-21-10-6-7-11-22(21)30(26)18-8-4-3-5-9-18/h3-15H,1-2H3/q+1. The Balaban J connectivity index is 1.99. The summed E-state index contributed by atoms with van der Waals surface area (Å²) in [6.07, 6.45) is 0. The molecule has 6 aromatic rings. The van der Waals surface area contributed by atoms with Crippen molar-refractivity contribution in [1.29, 1.82) is 0 Å². The van der Waals surface area contributed by atoms with E-state index >= 15 is 0 Å². The molecule has 0 aliphatic heterocycles. The van der Waals surface area contributed by atoms with Crippen LogP contribution in [0.25, 0.3) is 49.6 Å². The van der Waals surface area contributed by atoms with Crippen molar-refractivity contribution < 1.29 is 4.57 Å². The van der Waals surface area contributed by atoms with Crippen LogP contribution in [0.1, 0.15) is 11.4 Å². The van der Waals surface area contributed by atoms with Crippen LogP contribution >= 0.6 is 0 Å². The molecule has 4 nitrogen and oxygen atoms in total. The quantitative estimate of drug-likeness (QED) is 0.216. The molecule has 0 unspecified atom stereocenters. The number of hydrogen-bond acceptors (Lipinski definition) is 3. The molecule has 6 rings (SSSR count). The monoisotopic (exact) mass is 387 g/mol. The van der Waals surface area contributed by atoms with Crippen LogP contribution in [-0.2, 0) is 0 Å². The van der Waals surface area contributed by atoms with Gasteiger partial charge in [0.05, 0.1) is 10.9 Å². The Morgan fingerprint density at radius 3 is 1.97 bits per heavy atom. The average Bonchev–Trinajstić information content (AvgIpc) is 2.78. The van der Waals surface area contributed by atoms with Gasteiger partial charge in [-0.2, -0.15) is 0 Å². The first-order valence-corrected chi connectivity index (χ1v) is 10.1. The maximum atomic E-state index is 5.11. The van der Waals surface area contributed by atoms with Crippen LogP contribution in [0, 0.1) is 13.8 Å². The van der Waals surface area contributed by atoms with Gasteiger partial charge in [0.1, 0.15) is 16.6 Å². The number of hydrogen-bond donors (Lipinski definition) is 0. The van der Waals surface area contributed by atoms with Crippen molar-refractivity contribution in [3.63, 3.8) is 0 Å². The summed E-state index contributed by atoms with van der Waals surface area (Å²) in [4.78, 5) is 14.9. The summed E-state index contributed by atoms with van der Waals surface area (Å²) >= 11 is 0. The van der Waals surface area contributed by atoms with Gasteiger partial charge in [-0.05, 0) is 44.2 Å². The van der Waals surface area contributed by atoms with E-state index in [0.29, 0.717) is 0 Å². The topological polar surface area (TPSA) is 42.6 Å². The molecule has 0 bridgehead atoms. The Hall–Kier alpha value is -3.92. The maximum absolute atomic E-state index is 5.11.